The second kappa shape index (κ2) is 9.76. The number of phosphoric ester groups is 1. The van der Waals surface area contributed by atoms with Gasteiger partial charge in [0.25, 0.3) is 5.95 Å². The number of hydrogen-bond donors (Lipinski definition) is 7. The third-order valence-corrected chi connectivity index (χ3v) is 8.40. The van der Waals surface area contributed by atoms with Crippen LogP contribution in [-0.4, -0.2) is 64.7 Å². The summed E-state index contributed by atoms with van der Waals surface area (Å²) in [5, 5.41) is 20.5. The Kier molecular flexibility index (Phi) is 7.90. The SMILES string of the molecule is O=P(O)(O)OP(=O)(O)OP(=O)(O)OC[C@H]1O[C@@H](c2cc3cc(F)c(F)nc3[nH]c2=S)C(O)[C@H]1O. The number of fused-ring (bicyclic) bond motifs is 1. The number of phosphoric acid groups is 3. The van der Waals surface area contributed by atoms with E-state index in [4.69, 9.17) is 31.6 Å². The fourth-order valence-corrected chi connectivity index (χ4v) is 6.23. The lowest BCUT2D eigenvalue weighted by atomic mass is 10.0. The van der Waals surface area contributed by atoms with Crippen molar-refractivity contribution in [3.63, 3.8) is 0 Å². The number of aromatic amines is 1. The van der Waals surface area contributed by atoms with E-state index in [9.17, 15) is 37.6 Å². The van der Waals surface area contributed by atoms with Crippen LogP contribution in [0.1, 0.15) is 11.7 Å². The molecule has 34 heavy (non-hydrogen) atoms. The van der Waals surface area contributed by atoms with E-state index in [0.29, 0.717) is 0 Å². The first-order valence-corrected chi connectivity index (χ1v) is 13.6. The first-order valence-electron chi connectivity index (χ1n) is 8.67. The van der Waals surface area contributed by atoms with E-state index in [1.54, 1.807) is 0 Å². The number of halogens is 2. The number of ether oxygens (including phenoxy) is 1. The average Bonchev–Trinajstić information content (AvgIpc) is 2.93. The van der Waals surface area contributed by atoms with Crippen molar-refractivity contribution in [2.24, 2.45) is 0 Å². The second-order valence-corrected chi connectivity index (χ2v) is 11.5. The molecule has 3 rings (SSSR count). The second-order valence-electron chi connectivity index (χ2n) is 6.72. The van der Waals surface area contributed by atoms with Crippen molar-refractivity contribution >= 4 is 46.7 Å². The third-order valence-electron chi connectivity index (χ3n) is 4.25. The van der Waals surface area contributed by atoms with Crippen LogP contribution < -0.4 is 0 Å². The van der Waals surface area contributed by atoms with Gasteiger partial charge in [0.15, 0.2) is 5.82 Å². The first-order chi connectivity index (χ1) is 15.5. The highest BCUT2D eigenvalue weighted by Crippen LogP contribution is 2.66. The lowest BCUT2D eigenvalue weighted by Gasteiger charge is -2.19. The molecule has 1 aliphatic heterocycles. The molecule has 1 fully saturated rings. The molecular weight excluding hydrogens is 555 g/mol. The third kappa shape index (κ3) is 6.57. The Balaban J connectivity index is 1.75. The highest BCUT2D eigenvalue weighted by atomic mass is 32.1. The number of nitrogens with zero attached hydrogens (tertiary/aromatic N) is 1. The van der Waals surface area contributed by atoms with Crippen LogP contribution in [0.2, 0.25) is 0 Å². The number of aliphatic hydroxyl groups excluding tert-OH is 2. The molecule has 0 saturated carbocycles. The van der Waals surface area contributed by atoms with Crippen molar-refractivity contribution < 1.29 is 70.1 Å². The van der Waals surface area contributed by atoms with Crippen molar-refractivity contribution in [1.82, 2.24) is 9.97 Å². The summed E-state index contributed by atoms with van der Waals surface area (Å²) in [5.41, 5.74) is -0.118. The minimum absolute atomic E-state index is 0.00249. The van der Waals surface area contributed by atoms with E-state index in [-0.39, 0.29) is 21.2 Å². The monoisotopic (exact) mass is 570 g/mol. The summed E-state index contributed by atoms with van der Waals surface area (Å²) in [4.78, 5) is 41.5. The predicted molar refractivity (Wildman–Crippen MR) is 106 cm³/mol. The number of nitrogens with one attached hydrogen (secondary N) is 1. The fraction of sp³-hybridized carbons (Fsp3) is 0.385. The average molecular weight is 570 g/mol. The van der Waals surface area contributed by atoms with Gasteiger partial charge in [-0.15, -0.1) is 0 Å². The molecule has 2 aromatic rings. The molecule has 0 aliphatic carbocycles. The molecule has 1 aliphatic rings. The molecule has 2 aromatic heterocycles. The Morgan fingerprint density at radius 1 is 1.06 bits per heavy atom. The Morgan fingerprint density at radius 2 is 1.71 bits per heavy atom. The smallest absolute Gasteiger partial charge is 0.387 e. The van der Waals surface area contributed by atoms with E-state index in [0.717, 1.165) is 6.07 Å². The number of rotatable bonds is 8. The van der Waals surface area contributed by atoms with Gasteiger partial charge < -0.3 is 39.5 Å². The topological polar surface area (TPSA) is 238 Å². The van der Waals surface area contributed by atoms with Crippen molar-refractivity contribution in [3.8, 4) is 0 Å². The highest BCUT2D eigenvalue weighted by Gasteiger charge is 2.46. The van der Waals surface area contributed by atoms with Crippen molar-refractivity contribution in [1.29, 1.82) is 0 Å². The van der Waals surface area contributed by atoms with Crippen molar-refractivity contribution in [2.75, 3.05) is 6.61 Å². The molecular formula is C13H15F2N2O13P3S. The summed E-state index contributed by atoms with van der Waals surface area (Å²) in [5.74, 6) is -2.66. The minimum Gasteiger partial charge on any atom is -0.387 e. The van der Waals surface area contributed by atoms with Gasteiger partial charge in [0.1, 0.15) is 34.7 Å². The summed E-state index contributed by atoms with van der Waals surface area (Å²) in [6, 6.07) is 1.99. The van der Waals surface area contributed by atoms with Gasteiger partial charge in [-0.1, -0.05) is 12.2 Å². The maximum absolute atomic E-state index is 13.5. The number of aliphatic hydroxyl groups is 2. The summed E-state index contributed by atoms with van der Waals surface area (Å²) < 4.78 is 77.4. The van der Waals surface area contributed by atoms with Crippen LogP contribution in [0.3, 0.4) is 0 Å². The quantitative estimate of drug-likeness (QED) is 0.133. The van der Waals surface area contributed by atoms with Gasteiger partial charge in [-0.2, -0.15) is 18.0 Å². The van der Waals surface area contributed by atoms with Crippen LogP contribution in [0.15, 0.2) is 12.1 Å². The van der Waals surface area contributed by atoms with E-state index in [2.05, 4.69) is 23.1 Å². The van der Waals surface area contributed by atoms with Gasteiger partial charge >= 0.3 is 23.5 Å². The normalized spacial score (nSPS) is 26.9. The van der Waals surface area contributed by atoms with E-state index < -0.39 is 66.3 Å². The molecule has 21 heteroatoms. The molecule has 15 nitrogen and oxygen atoms in total. The van der Waals surface area contributed by atoms with Crippen LogP contribution in [-0.2, 0) is 31.6 Å². The molecule has 0 bridgehead atoms. The Hall–Kier alpha value is -1.07. The lowest BCUT2D eigenvalue weighted by molar-refractivity contribution is -0.0224. The van der Waals surface area contributed by atoms with Gasteiger partial charge in [0.2, 0.25) is 0 Å². The Bertz CT molecular complexity index is 1300. The zero-order valence-electron chi connectivity index (χ0n) is 16.2. The standard InChI is InChI=1S/C13H15F2N2O13P3S/c14-6-2-4-1-5(13(34)17-12(4)16-11(6)15)10-9(19)8(18)7(28-10)3-27-32(23,24)30-33(25,26)29-31(20,21)22/h1-2,7-10,18-19H,3H2,(H,23,24)(H,25,26)(H,16,17,34)(H2,20,21,22)/t7-,8+,9?,10+/m1/s1. The zero-order chi connectivity index (χ0) is 25.6. The number of hydrogen-bond acceptors (Lipinski definition) is 11. The maximum atomic E-state index is 13.5. The Morgan fingerprint density at radius 3 is 2.32 bits per heavy atom. The molecule has 0 amide bonds. The van der Waals surface area contributed by atoms with Crippen molar-refractivity contribution in [3.05, 3.63) is 34.1 Å². The van der Waals surface area contributed by atoms with Gasteiger partial charge in [-0.3, -0.25) is 4.52 Å². The molecule has 6 atom stereocenters. The van der Waals surface area contributed by atoms with Crippen molar-refractivity contribution in [2.45, 2.75) is 24.4 Å². The van der Waals surface area contributed by atoms with E-state index in [1.165, 1.54) is 6.07 Å². The molecule has 0 spiro atoms. The Labute approximate surface area is 192 Å². The van der Waals surface area contributed by atoms with Gasteiger partial charge in [-0.25, -0.2) is 18.1 Å². The molecule has 7 N–H and O–H groups in total. The van der Waals surface area contributed by atoms with Crippen LogP contribution in [0.5, 0.6) is 0 Å². The summed E-state index contributed by atoms with van der Waals surface area (Å²) in [6.07, 6.45) is -6.44. The minimum atomic E-state index is -5.76. The zero-order valence-corrected chi connectivity index (χ0v) is 19.7. The van der Waals surface area contributed by atoms with Gasteiger partial charge in [-0.05, 0) is 12.1 Å². The number of aromatic nitrogens is 2. The summed E-state index contributed by atoms with van der Waals surface area (Å²) in [6.45, 7) is -1.04. The lowest BCUT2D eigenvalue weighted by Crippen LogP contribution is -2.33. The van der Waals surface area contributed by atoms with Crippen LogP contribution in [0.25, 0.3) is 11.0 Å². The largest absolute Gasteiger partial charge is 0.490 e. The van der Waals surface area contributed by atoms with Crippen LogP contribution in [0.4, 0.5) is 8.78 Å². The fourth-order valence-electron chi connectivity index (χ4n) is 2.93. The number of pyridine rings is 2. The van der Waals surface area contributed by atoms with Gasteiger partial charge in [0, 0.05) is 10.9 Å². The highest BCUT2D eigenvalue weighted by molar-refractivity contribution is 7.71. The van der Waals surface area contributed by atoms with Crippen LogP contribution in [0, 0.1) is 16.4 Å². The number of H-pyrrole nitrogens is 1. The molecule has 1 saturated heterocycles. The molecule has 190 valence electrons. The molecule has 0 aromatic carbocycles. The molecule has 3 heterocycles. The van der Waals surface area contributed by atoms with E-state index >= 15 is 0 Å². The van der Waals surface area contributed by atoms with E-state index in [1.807, 2.05) is 0 Å². The summed E-state index contributed by atoms with van der Waals surface area (Å²) >= 11 is 5.09. The maximum Gasteiger partial charge on any atom is 0.490 e. The van der Waals surface area contributed by atoms with Gasteiger partial charge in [0.05, 0.1) is 6.61 Å². The summed E-state index contributed by atoms with van der Waals surface area (Å²) in [7, 11) is -16.9. The molecule has 3 unspecified atom stereocenters. The van der Waals surface area contributed by atoms with Crippen LogP contribution >= 0.6 is 35.7 Å². The molecule has 0 radical (unpaired) electrons. The predicted octanol–water partition coefficient (Wildman–Crippen LogP) is 1.08. The first kappa shape index (κ1) is 27.5.